The molecule has 0 bridgehead atoms. The smallest absolute Gasteiger partial charge is 0.145 e. The summed E-state index contributed by atoms with van der Waals surface area (Å²) in [5, 5.41) is 7.29. The lowest BCUT2D eigenvalue weighted by molar-refractivity contribution is 0.269. The van der Waals surface area contributed by atoms with Gasteiger partial charge in [-0.25, -0.2) is 9.02 Å². The first-order chi connectivity index (χ1) is 8.19. The van der Waals surface area contributed by atoms with Gasteiger partial charge >= 0.3 is 0 Å². The zero-order valence-corrected chi connectivity index (χ0v) is 9.31. The quantitative estimate of drug-likeness (QED) is 0.873. The average Bonchev–Trinajstić information content (AvgIpc) is 2.71. The van der Waals surface area contributed by atoms with Crippen LogP contribution in [-0.4, -0.2) is 10.3 Å². The van der Waals surface area contributed by atoms with E-state index in [0.29, 0.717) is 22.7 Å². The van der Waals surface area contributed by atoms with Crippen LogP contribution < -0.4 is 10.5 Å². The van der Waals surface area contributed by atoms with Gasteiger partial charge in [0.2, 0.25) is 0 Å². The van der Waals surface area contributed by atoms with E-state index >= 15 is 0 Å². The van der Waals surface area contributed by atoms with Crippen LogP contribution >= 0.6 is 0 Å². The molecule has 0 saturated heterocycles. The predicted octanol–water partition coefficient (Wildman–Crippen LogP) is 1.55. The summed E-state index contributed by atoms with van der Waals surface area (Å²) in [5.41, 5.74) is 7.36. The number of aryl methyl sites for hydroxylation is 1. The van der Waals surface area contributed by atoms with Crippen LogP contribution in [0, 0.1) is 12.7 Å². The molecular formula is C11H12FN3O2. The van der Waals surface area contributed by atoms with E-state index in [1.807, 2.05) is 0 Å². The van der Waals surface area contributed by atoms with Gasteiger partial charge in [-0.1, -0.05) is 10.3 Å². The summed E-state index contributed by atoms with van der Waals surface area (Å²) in [7, 11) is 0. The molecule has 2 N–H and O–H groups in total. The Kier molecular flexibility index (Phi) is 3.34. The van der Waals surface area contributed by atoms with Gasteiger partial charge in [0.1, 0.15) is 29.6 Å². The van der Waals surface area contributed by atoms with E-state index in [-0.39, 0.29) is 19.0 Å². The number of aromatic nitrogens is 2. The molecule has 1 aromatic carbocycles. The number of benzene rings is 1. The molecule has 1 aromatic heterocycles. The Morgan fingerprint density at radius 2 is 2.18 bits per heavy atom. The van der Waals surface area contributed by atoms with E-state index in [1.54, 1.807) is 13.0 Å². The molecule has 0 fully saturated rings. The maximum absolute atomic E-state index is 13.2. The van der Waals surface area contributed by atoms with E-state index in [1.165, 1.54) is 12.1 Å². The van der Waals surface area contributed by atoms with Crippen molar-refractivity contribution in [2.75, 3.05) is 0 Å². The van der Waals surface area contributed by atoms with E-state index in [2.05, 4.69) is 14.9 Å². The van der Waals surface area contributed by atoms with Crippen molar-refractivity contribution in [3.05, 3.63) is 41.0 Å². The average molecular weight is 237 g/mol. The largest absolute Gasteiger partial charge is 0.487 e. The van der Waals surface area contributed by atoms with E-state index < -0.39 is 0 Å². The van der Waals surface area contributed by atoms with Crippen LogP contribution in [0.2, 0.25) is 0 Å². The minimum Gasteiger partial charge on any atom is -0.487 e. The molecule has 6 heteroatoms. The molecule has 5 nitrogen and oxygen atoms in total. The molecule has 0 radical (unpaired) electrons. The van der Waals surface area contributed by atoms with Crippen LogP contribution in [0.3, 0.4) is 0 Å². The van der Waals surface area contributed by atoms with Crippen molar-refractivity contribution in [1.29, 1.82) is 0 Å². The van der Waals surface area contributed by atoms with Crippen molar-refractivity contribution in [3.63, 3.8) is 0 Å². The molecule has 1 heterocycles. The number of rotatable bonds is 4. The van der Waals surface area contributed by atoms with Crippen molar-refractivity contribution in [2.45, 2.75) is 20.1 Å². The van der Waals surface area contributed by atoms with Crippen molar-refractivity contribution in [1.82, 2.24) is 10.3 Å². The van der Waals surface area contributed by atoms with E-state index in [9.17, 15) is 4.39 Å². The van der Waals surface area contributed by atoms with Crippen LogP contribution in [0.1, 0.15) is 17.0 Å². The van der Waals surface area contributed by atoms with Crippen molar-refractivity contribution < 1.29 is 13.8 Å². The van der Waals surface area contributed by atoms with Crippen molar-refractivity contribution in [3.8, 4) is 5.75 Å². The molecule has 0 aliphatic heterocycles. The molecule has 0 amide bonds. The van der Waals surface area contributed by atoms with Gasteiger partial charge in [0.25, 0.3) is 0 Å². The third-order valence-electron chi connectivity index (χ3n) is 2.29. The summed E-state index contributed by atoms with van der Waals surface area (Å²) < 4.78 is 23.1. The highest BCUT2D eigenvalue weighted by Gasteiger charge is 2.07. The second kappa shape index (κ2) is 4.92. The lowest BCUT2D eigenvalue weighted by atomic mass is 10.2. The van der Waals surface area contributed by atoms with Gasteiger partial charge < -0.3 is 10.5 Å². The maximum Gasteiger partial charge on any atom is 0.145 e. The number of hydrogen-bond acceptors (Lipinski definition) is 5. The molecule has 2 aromatic rings. The third kappa shape index (κ3) is 2.79. The van der Waals surface area contributed by atoms with Gasteiger partial charge in [0.05, 0.1) is 0 Å². The molecule has 0 aliphatic carbocycles. The number of hydrogen-bond donors (Lipinski definition) is 1. The van der Waals surface area contributed by atoms with Crippen molar-refractivity contribution >= 4 is 0 Å². The summed E-state index contributed by atoms with van der Waals surface area (Å²) in [6.07, 6.45) is 0. The first-order valence-corrected chi connectivity index (χ1v) is 5.09. The van der Waals surface area contributed by atoms with Crippen LogP contribution in [0.15, 0.2) is 22.8 Å². The molecule has 0 aliphatic rings. The fraction of sp³-hybridized carbons (Fsp3) is 0.273. The molecular weight excluding hydrogens is 225 g/mol. The van der Waals surface area contributed by atoms with E-state index in [4.69, 9.17) is 10.5 Å². The maximum atomic E-state index is 13.2. The lowest BCUT2D eigenvalue weighted by Crippen LogP contribution is -2.01. The third-order valence-corrected chi connectivity index (χ3v) is 2.29. The summed E-state index contributed by atoms with van der Waals surface area (Å²) in [6.45, 7) is 2.20. The van der Waals surface area contributed by atoms with E-state index in [0.717, 1.165) is 0 Å². The molecule has 0 saturated carbocycles. The summed E-state index contributed by atoms with van der Waals surface area (Å²) in [6, 6.07) is 4.35. The van der Waals surface area contributed by atoms with Gasteiger partial charge in [-0.3, -0.25) is 0 Å². The van der Waals surface area contributed by atoms with Crippen LogP contribution in [0.25, 0.3) is 0 Å². The summed E-state index contributed by atoms with van der Waals surface area (Å²) >= 11 is 0. The Balaban J connectivity index is 2.09. The number of nitrogens with two attached hydrogens (primary N) is 1. The lowest BCUT2D eigenvalue weighted by Gasteiger charge is -2.06. The molecule has 0 unspecified atom stereocenters. The Labute approximate surface area is 97.3 Å². The zero-order valence-electron chi connectivity index (χ0n) is 9.31. The predicted molar refractivity (Wildman–Crippen MR) is 57.7 cm³/mol. The minimum atomic E-state index is -0.377. The summed E-state index contributed by atoms with van der Waals surface area (Å²) in [5.74, 6) is 0.0331. The summed E-state index contributed by atoms with van der Waals surface area (Å²) in [4.78, 5) is 0. The minimum absolute atomic E-state index is 0.183. The fourth-order valence-electron chi connectivity index (χ4n) is 1.35. The highest BCUT2D eigenvalue weighted by atomic mass is 19.1. The zero-order chi connectivity index (χ0) is 12.3. The van der Waals surface area contributed by atoms with Gasteiger partial charge in [0, 0.05) is 12.6 Å². The standard InChI is InChI=1S/C11H12FN3O2/c1-7-11(15-17-14-7)6-16-10-3-8(5-13)2-9(12)4-10/h2-4H,5-6,13H2,1H3. The second-order valence-electron chi connectivity index (χ2n) is 3.58. The second-order valence-corrected chi connectivity index (χ2v) is 3.58. The molecule has 2 rings (SSSR count). The normalized spacial score (nSPS) is 10.5. The van der Waals surface area contributed by atoms with Crippen LogP contribution in [0.5, 0.6) is 5.75 Å². The molecule has 90 valence electrons. The van der Waals surface area contributed by atoms with Gasteiger partial charge in [-0.05, 0) is 24.6 Å². The molecule has 0 spiro atoms. The first-order valence-electron chi connectivity index (χ1n) is 5.09. The SMILES string of the molecule is Cc1nonc1COc1cc(F)cc(CN)c1. The highest BCUT2D eigenvalue weighted by molar-refractivity contribution is 5.29. The van der Waals surface area contributed by atoms with Gasteiger partial charge in [-0.2, -0.15) is 0 Å². The Bertz CT molecular complexity index is 513. The van der Waals surface area contributed by atoms with Crippen LogP contribution in [-0.2, 0) is 13.2 Å². The highest BCUT2D eigenvalue weighted by Crippen LogP contribution is 2.17. The number of nitrogens with zero attached hydrogens (tertiary/aromatic N) is 2. The Hall–Kier alpha value is -1.95. The van der Waals surface area contributed by atoms with Gasteiger partial charge in [0.15, 0.2) is 0 Å². The first kappa shape index (κ1) is 11.5. The topological polar surface area (TPSA) is 74.2 Å². The van der Waals surface area contributed by atoms with Crippen molar-refractivity contribution in [2.24, 2.45) is 5.73 Å². The fourth-order valence-corrected chi connectivity index (χ4v) is 1.35. The monoisotopic (exact) mass is 237 g/mol. The molecule has 17 heavy (non-hydrogen) atoms. The van der Waals surface area contributed by atoms with Crippen LogP contribution in [0.4, 0.5) is 4.39 Å². The Morgan fingerprint density at radius 3 is 2.82 bits per heavy atom. The molecule has 0 atom stereocenters. The number of ether oxygens (including phenoxy) is 1. The number of halogens is 1. The van der Waals surface area contributed by atoms with Gasteiger partial charge in [-0.15, -0.1) is 0 Å². The Morgan fingerprint density at radius 1 is 1.35 bits per heavy atom.